The number of anilines is 1. The fourth-order valence-corrected chi connectivity index (χ4v) is 3.06. The van der Waals surface area contributed by atoms with Crippen molar-refractivity contribution >= 4 is 11.7 Å². The van der Waals surface area contributed by atoms with E-state index in [1.54, 1.807) is 13.2 Å². The van der Waals surface area contributed by atoms with Gasteiger partial charge >= 0.3 is 0 Å². The summed E-state index contributed by atoms with van der Waals surface area (Å²) in [4.78, 5) is 12.1. The number of carbonyl (C=O) groups excluding carboxylic acids is 1. The smallest absolute Gasteiger partial charge is 0.242 e. The highest BCUT2D eigenvalue weighted by Crippen LogP contribution is 2.29. The van der Waals surface area contributed by atoms with Crippen LogP contribution in [0.3, 0.4) is 0 Å². The van der Waals surface area contributed by atoms with E-state index in [1.807, 2.05) is 6.92 Å². The SMILES string of the molecule is COc1cc2c(cc1CNC(=O)Cn1nc(C)cc1N)CCC2. The van der Waals surface area contributed by atoms with Crippen molar-refractivity contribution in [3.63, 3.8) is 0 Å². The molecule has 1 heterocycles. The highest BCUT2D eigenvalue weighted by Gasteiger charge is 2.16. The first-order valence-electron chi connectivity index (χ1n) is 7.82. The van der Waals surface area contributed by atoms with Gasteiger partial charge in [0.05, 0.1) is 12.8 Å². The Bertz CT molecular complexity index is 736. The van der Waals surface area contributed by atoms with Crippen LogP contribution in [0, 0.1) is 6.92 Å². The van der Waals surface area contributed by atoms with Crippen molar-refractivity contribution in [2.45, 2.75) is 39.3 Å². The molecule has 0 saturated heterocycles. The van der Waals surface area contributed by atoms with Gasteiger partial charge < -0.3 is 15.8 Å². The molecule has 1 aliphatic rings. The van der Waals surface area contributed by atoms with Crippen LogP contribution < -0.4 is 15.8 Å². The molecule has 3 N–H and O–H groups in total. The third-order valence-electron chi connectivity index (χ3n) is 4.20. The number of benzene rings is 1. The molecule has 0 spiro atoms. The first-order valence-corrected chi connectivity index (χ1v) is 7.82. The summed E-state index contributed by atoms with van der Waals surface area (Å²) >= 11 is 0. The molecule has 0 atom stereocenters. The molecule has 6 nitrogen and oxygen atoms in total. The van der Waals surface area contributed by atoms with E-state index in [0.717, 1.165) is 29.8 Å². The molecule has 0 saturated carbocycles. The molecule has 0 aliphatic heterocycles. The Morgan fingerprint density at radius 1 is 1.35 bits per heavy atom. The average molecular weight is 314 g/mol. The van der Waals surface area contributed by atoms with Crippen LogP contribution in [0.15, 0.2) is 18.2 Å². The predicted molar refractivity (Wildman–Crippen MR) is 88.2 cm³/mol. The van der Waals surface area contributed by atoms with Gasteiger partial charge in [-0.05, 0) is 43.4 Å². The number of hydrogen-bond donors (Lipinski definition) is 2. The number of hydrogen-bond acceptors (Lipinski definition) is 4. The van der Waals surface area contributed by atoms with E-state index in [0.29, 0.717) is 12.4 Å². The first kappa shape index (κ1) is 15.4. The van der Waals surface area contributed by atoms with Crippen LogP contribution in [0.25, 0.3) is 0 Å². The van der Waals surface area contributed by atoms with Crippen LogP contribution in [0.1, 0.15) is 28.8 Å². The van der Waals surface area contributed by atoms with Crippen LogP contribution >= 0.6 is 0 Å². The Balaban J connectivity index is 1.66. The van der Waals surface area contributed by atoms with E-state index in [4.69, 9.17) is 10.5 Å². The number of amides is 1. The molecular formula is C17H22N4O2. The molecule has 6 heteroatoms. The maximum absolute atomic E-state index is 12.1. The molecule has 2 aromatic rings. The maximum atomic E-state index is 12.1. The molecule has 1 aliphatic carbocycles. The molecule has 1 amide bonds. The van der Waals surface area contributed by atoms with Crippen LogP contribution in [-0.4, -0.2) is 22.8 Å². The third kappa shape index (κ3) is 3.31. The molecule has 122 valence electrons. The van der Waals surface area contributed by atoms with E-state index in [9.17, 15) is 4.79 Å². The van der Waals surface area contributed by atoms with E-state index in [-0.39, 0.29) is 12.5 Å². The van der Waals surface area contributed by atoms with Crippen molar-refractivity contribution in [2.24, 2.45) is 0 Å². The van der Waals surface area contributed by atoms with Gasteiger partial charge in [0.1, 0.15) is 18.1 Å². The van der Waals surface area contributed by atoms with E-state index in [1.165, 1.54) is 22.2 Å². The summed E-state index contributed by atoms with van der Waals surface area (Å²) in [5, 5.41) is 7.11. The lowest BCUT2D eigenvalue weighted by molar-refractivity contribution is -0.122. The zero-order chi connectivity index (χ0) is 16.4. The van der Waals surface area contributed by atoms with Gasteiger partial charge in [-0.15, -0.1) is 0 Å². The molecule has 0 fully saturated rings. The van der Waals surface area contributed by atoms with Crippen LogP contribution in [0.4, 0.5) is 5.82 Å². The monoisotopic (exact) mass is 314 g/mol. The number of ether oxygens (including phenoxy) is 1. The van der Waals surface area contributed by atoms with Crippen molar-refractivity contribution in [1.29, 1.82) is 0 Å². The number of nitrogens with zero attached hydrogens (tertiary/aromatic N) is 2. The Morgan fingerprint density at radius 2 is 2.09 bits per heavy atom. The van der Waals surface area contributed by atoms with Gasteiger partial charge in [-0.1, -0.05) is 6.07 Å². The number of nitrogens with one attached hydrogen (secondary N) is 1. The highest BCUT2D eigenvalue weighted by atomic mass is 16.5. The van der Waals surface area contributed by atoms with Gasteiger partial charge in [0.15, 0.2) is 0 Å². The highest BCUT2D eigenvalue weighted by molar-refractivity contribution is 5.76. The lowest BCUT2D eigenvalue weighted by atomic mass is 10.0. The number of fused-ring (bicyclic) bond motifs is 1. The number of carbonyl (C=O) groups is 1. The second kappa shape index (κ2) is 6.32. The van der Waals surface area contributed by atoms with Gasteiger partial charge in [0.2, 0.25) is 5.91 Å². The van der Waals surface area contributed by atoms with E-state index < -0.39 is 0 Å². The summed E-state index contributed by atoms with van der Waals surface area (Å²) in [5.74, 6) is 1.20. The lowest BCUT2D eigenvalue weighted by Gasteiger charge is -2.13. The standard InChI is InChI=1S/C17H22N4O2/c1-11-6-16(18)21(20-11)10-17(22)19-9-14-7-12-4-3-5-13(12)8-15(14)23-2/h6-8H,3-5,9-10,18H2,1-2H3,(H,19,22). The molecule has 0 unspecified atom stereocenters. The zero-order valence-electron chi connectivity index (χ0n) is 13.6. The Kier molecular flexibility index (Phi) is 4.23. The van der Waals surface area contributed by atoms with Crippen molar-refractivity contribution in [3.05, 3.63) is 40.6 Å². The number of methoxy groups -OCH3 is 1. The van der Waals surface area contributed by atoms with Gasteiger partial charge in [-0.3, -0.25) is 4.79 Å². The Hall–Kier alpha value is -2.50. The number of nitrogen functional groups attached to an aromatic ring is 1. The quantitative estimate of drug-likeness (QED) is 0.878. The van der Waals surface area contributed by atoms with Gasteiger partial charge in [-0.2, -0.15) is 5.10 Å². The minimum absolute atomic E-state index is 0.118. The fourth-order valence-electron chi connectivity index (χ4n) is 3.06. The van der Waals surface area contributed by atoms with Crippen molar-refractivity contribution < 1.29 is 9.53 Å². The minimum Gasteiger partial charge on any atom is -0.496 e. The summed E-state index contributed by atoms with van der Waals surface area (Å²) in [6, 6.07) is 5.99. The topological polar surface area (TPSA) is 82.2 Å². The normalized spacial score (nSPS) is 13.0. The second-order valence-corrected chi connectivity index (χ2v) is 5.93. The molecule has 0 radical (unpaired) electrons. The summed E-state index contributed by atoms with van der Waals surface area (Å²) < 4.78 is 6.96. The fraction of sp³-hybridized carbons (Fsp3) is 0.412. The minimum atomic E-state index is -0.123. The first-order chi connectivity index (χ1) is 11.1. The molecule has 1 aromatic carbocycles. The summed E-state index contributed by atoms with van der Waals surface area (Å²) in [5.41, 5.74) is 10.3. The number of aryl methyl sites for hydroxylation is 3. The molecule has 3 rings (SSSR count). The molecular weight excluding hydrogens is 292 g/mol. The van der Waals surface area contributed by atoms with Crippen molar-refractivity contribution in [3.8, 4) is 5.75 Å². The van der Waals surface area contributed by atoms with Crippen LogP contribution in [0.2, 0.25) is 0 Å². The van der Waals surface area contributed by atoms with E-state index in [2.05, 4.69) is 22.5 Å². The largest absolute Gasteiger partial charge is 0.496 e. The van der Waals surface area contributed by atoms with E-state index >= 15 is 0 Å². The predicted octanol–water partition coefficient (Wildman–Crippen LogP) is 1.59. The number of aromatic nitrogens is 2. The van der Waals surface area contributed by atoms with Crippen LogP contribution in [0.5, 0.6) is 5.75 Å². The van der Waals surface area contributed by atoms with Crippen molar-refractivity contribution in [2.75, 3.05) is 12.8 Å². The zero-order valence-corrected chi connectivity index (χ0v) is 13.6. The third-order valence-corrected chi connectivity index (χ3v) is 4.20. The van der Waals surface area contributed by atoms with Gasteiger partial charge in [-0.25, -0.2) is 4.68 Å². The van der Waals surface area contributed by atoms with Crippen LogP contribution in [-0.2, 0) is 30.7 Å². The Labute approximate surface area is 135 Å². The summed E-state index contributed by atoms with van der Waals surface area (Å²) in [6.07, 6.45) is 3.39. The van der Waals surface area contributed by atoms with Crippen molar-refractivity contribution in [1.82, 2.24) is 15.1 Å². The summed E-state index contributed by atoms with van der Waals surface area (Å²) in [7, 11) is 1.66. The van der Waals surface area contributed by atoms with Gasteiger partial charge in [0.25, 0.3) is 0 Å². The Morgan fingerprint density at radius 3 is 2.74 bits per heavy atom. The maximum Gasteiger partial charge on any atom is 0.242 e. The average Bonchev–Trinajstić information content (AvgIpc) is 3.09. The van der Waals surface area contributed by atoms with Gasteiger partial charge in [0, 0.05) is 18.2 Å². The molecule has 23 heavy (non-hydrogen) atoms. The lowest BCUT2D eigenvalue weighted by Crippen LogP contribution is -2.28. The second-order valence-electron chi connectivity index (χ2n) is 5.93. The number of nitrogens with two attached hydrogens (primary N) is 1. The number of rotatable bonds is 5. The molecule has 0 bridgehead atoms. The summed E-state index contributed by atoms with van der Waals surface area (Å²) in [6.45, 7) is 2.41. The molecule has 1 aromatic heterocycles.